The summed E-state index contributed by atoms with van der Waals surface area (Å²) in [5, 5.41) is 3.15. The van der Waals surface area contributed by atoms with Gasteiger partial charge >= 0.3 is 0 Å². The van der Waals surface area contributed by atoms with E-state index in [0.29, 0.717) is 12.6 Å². The monoisotopic (exact) mass is 309 g/mol. The molecule has 0 aliphatic carbocycles. The largest absolute Gasteiger partial charge is 0.380 e. The van der Waals surface area contributed by atoms with E-state index in [9.17, 15) is 0 Å². The third-order valence-electron chi connectivity index (χ3n) is 2.76. The van der Waals surface area contributed by atoms with E-state index in [1.165, 1.54) is 5.75 Å². The van der Waals surface area contributed by atoms with Crippen molar-refractivity contribution in [1.29, 1.82) is 0 Å². The van der Waals surface area contributed by atoms with Crippen molar-refractivity contribution in [2.24, 2.45) is 16.6 Å². The van der Waals surface area contributed by atoms with E-state index in [4.69, 9.17) is 10.5 Å². The Labute approximate surface area is 132 Å². The van der Waals surface area contributed by atoms with E-state index < -0.39 is 0 Å². The van der Waals surface area contributed by atoms with Crippen LogP contribution in [0.15, 0.2) is 29.3 Å². The van der Waals surface area contributed by atoms with Crippen LogP contribution in [0.4, 0.5) is 5.69 Å². The van der Waals surface area contributed by atoms with Gasteiger partial charge < -0.3 is 15.8 Å². The Bertz CT molecular complexity index is 435. The van der Waals surface area contributed by atoms with Gasteiger partial charge in [-0.05, 0) is 29.9 Å². The summed E-state index contributed by atoms with van der Waals surface area (Å²) >= 11 is 1.98. The fraction of sp³-hybridized carbons (Fsp3) is 0.562. The van der Waals surface area contributed by atoms with Crippen molar-refractivity contribution >= 4 is 23.4 Å². The number of hydrogen-bond donors (Lipinski definition) is 2. The second-order valence-electron chi connectivity index (χ2n) is 5.30. The van der Waals surface area contributed by atoms with Gasteiger partial charge in [0.1, 0.15) is 0 Å². The number of para-hydroxylation sites is 1. The molecule has 0 unspecified atom stereocenters. The van der Waals surface area contributed by atoms with Gasteiger partial charge in [-0.25, -0.2) is 0 Å². The minimum Gasteiger partial charge on any atom is -0.380 e. The summed E-state index contributed by atoms with van der Waals surface area (Å²) in [5.74, 6) is 3.56. The lowest BCUT2D eigenvalue weighted by Gasteiger charge is -2.10. The van der Waals surface area contributed by atoms with Crippen LogP contribution in [0.25, 0.3) is 0 Å². The SMILES string of the molecule is COCc1ccccc1NC(N)=NCCCSCC(C)C. The maximum Gasteiger partial charge on any atom is 0.193 e. The standard InChI is InChI=1S/C16H27N3OS/c1-13(2)12-21-10-6-9-18-16(17)19-15-8-5-4-7-14(15)11-20-3/h4-5,7-8,13H,6,9-12H2,1-3H3,(H3,17,18,19). The van der Waals surface area contributed by atoms with Gasteiger partial charge in [0, 0.05) is 24.9 Å². The first-order valence-corrected chi connectivity index (χ1v) is 8.50. The highest BCUT2D eigenvalue weighted by Crippen LogP contribution is 2.15. The minimum absolute atomic E-state index is 0.465. The molecule has 1 aromatic rings. The van der Waals surface area contributed by atoms with Crippen LogP contribution in [0, 0.1) is 5.92 Å². The highest BCUT2D eigenvalue weighted by Gasteiger charge is 2.02. The number of anilines is 1. The molecule has 1 rings (SSSR count). The van der Waals surface area contributed by atoms with Crippen molar-refractivity contribution < 1.29 is 4.74 Å². The van der Waals surface area contributed by atoms with Gasteiger partial charge in [-0.1, -0.05) is 32.0 Å². The molecule has 0 aliphatic rings. The van der Waals surface area contributed by atoms with Crippen molar-refractivity contribution in [3.05, 3.63) is 29.8 Å². The zero-order valence-corrected chi connectivity index (χ0v) is 14.1. The summed E-state index contributed by atoms with van der Waals surface area (Å²) in [6.45, 7) is 5.80. The molecule has 21 heavy (non-hydrogen) atoms. The van der Waals surface area contributed by atoms with Crippen LogP contribution in [0.1, 0.15) is 25.8 Å². The van der Waals surface area contributed by atoms with E-state index in [1.54, 1.807) is 7.11 Å². The zero-order chi connectivity index (χ0) is 15.5. The van der Waals surface area contributed by atoms with Crippen LogP contribution in [-0.2, 0) is 11.3 Å². The average molecular weight is 309 g/mol. The molecule has 0 aromatic heterocycles. The van der Waals surface area contributed by atoms with E-state index in [-0.39, 0.29) is 0 Å². The lowest BCUT2D eigenvalue weighted by Crippen LogP contribution is -2.23. The smallest absolute Gasteiger partial charge is 0.193 e. The van der Waals surface area contributed by atoms with Gasteiger partial charge in [0.15, 0.2) is 5.96 Å². The minimum atomic E-state index is 0.465. The summed E-state index contributed by atoms with van der Waals surface area (Å²) in [6, 6.07) is 7.95. The first-order valence-electron chi connectivity index (χ1n) is 7.35. The van der Waals surface area contributed by atoms with Crippen molar-refractivity contribution in [2.75, 3.05) is 30.5 Å². The van der Waals surface area contributed by atoms with E-state index >= 15 is 0 Å². The number of ether oxygens (including phenoxy) is 1. The van der Waals surface area contributed by atoms with E-state index in [1.807, 2.05) is 36.0 Å². The second kappa shape index (κ2) is 10.5. The van der Waals surface area contributed by atoms with Gasteiger partial charge in [0.25, 0.3) is 0 Å². The molecule has 0 spiro atoms. The van der Waals surface area contributed by atoms with Crippen molar-refractivity contribution in [1.82, 2.24) is 0 Å². The molecule has 0 amide bonds. The molecule has 0 fully saturated rings. The normalized spacial score (nSPS) is 11.9. The molecule has 0 bridgehead atoms. The Balaban J connectivity index is 2.35. The highest BCUT2D eigenvalue weighted by molar-refractivity contribution is 7.99. The van der Waals surface area contributed by atoms with Gasteiger partial charge in [-0.15, -0.1) is 0 Å². The molecule has 0 aliphatic heterocycles. The van der Waals surface area contributed by atoms with Gasteiger partial charge in [-0.2, -0.15) is 11.8 Å². The number of nitrogens with zero attached hydrogens (tertiary/aromatic N) is 1. The number of benzene rings is 1. The number of nitrogens with one attached hydrogen (secondary N) is 1. The summed E-state index contributed by atoms with van der Waals surface area (Å²) in [6.07, 6.45) is 1.06. The number of thioether (sulfide) groups is 1. The van der Waals surface area contributed by atoms with Crippen LogP contribution in [-0.4, -0.2) is 31.1 Å². The quantitative estimate of drug-likeness (QED) is 0.417. The van der Waals surface area contributed by atoms with Gasteiger partial charge in [0.2, 0.25) is 0 Å². The number of methoxy groups -OCH3 is 1. The summed E-state index contributed by atoms with van der Waals surface area (Å²) in [4.78, 5) is 4.37. The topological polar surface area (TPSA) is 59.6 Å². The molecule has 1 aromatic carbocycles. The molecule has 0 atom stereocenters. The number of nitrogens with two attached hydrogens (primary N) is 1. The van der Waals surface area contributed by atoms with E-state index in [0.717, 1.165) is 35.9 Å². The first-order chi connectivity index (χ1) is 10.1. The van der Waals surface area contributed by atoms with Crippen molar-refractivity contribution in [2.45, 2.75) is 26.9 Å². The van der Waals surface area contributed by atoms with Crippen LogP contribution < -0.4 is 11.1 Å². The highest BCUT2D eigenvalue weighted by atomic mass is 32.2. The van der Waals surface area contributed by atoms with Crippen molar-refractivity contribution in [3.63, 3.8) is 0 Å². The Morgan fingerprint density at radius 3 is 2.86 bits per heavy atom. The predicted octanol–water partition coefficient (Wildman–Crippen LogP) is 3.34. The third kappa shape index (κ3) is 7.97. The molecular formula is C16H27N3OS. The average Bonchev–Trinajstić information content (AvgIpc) is 2.45. The van der Waals surface area contributed by atoms with Crippen LogP contribution in [0.3, 0.4) is 0 Å². The Kier molecular flexibility index (Phi) is 8.94. The first kappa shape index (κ1) is 17.9. The lowest BCUT2D eigenvalue weighted by molar-refractivity contribution is 0.185. The molecule has 3 N–H and O–H groups in total. The van der Waals surface area contributed by atoms with E-state index in [2.05, 4.69) is 24.2 Å². The van der Waals surface area contributed by atoms with Crippen LogP contribution in [0.2, 0.25) is 0 Å². The van der Waals surface area contributed by atoms with Gasteiger partial charge in [-0.3, -0.25) is 4.99 Å². The second-order valence-corrected chi connectivity index (χ2v) is 6.45. The molecule has 0 heterocycles. The predicted molar refractivity (Wildman–Crippen MR) is 94.0 cm³/mol. The molecule has 0 saturated carbocycles. The third-order valence-corrected chi connectivity index (χ3v) is 4.24. The summed E-state index contributed by atoms with van der Waals surface area (Å²) in [7, 11) is 1.68. The molecule has 0 radical (unpaired) electrons. The Morgan fingerprint density at radius 2 is 2.14 bits per heavy atom. The maximum absolute atomic E-state index is 5.93. The van der Waals surface area contributed by atoms with Crippen LogP contribution in [0.5, 0.6) is 0 Å². The zero-order valence-electron chi connectivity index (χ0n) is 13.3. The van der Waals surface area contributed by atoms with Crippen LogP contribution >= 0.6 is 11.8 Å². The Hall–Kier alpha value is -1.20. The number of aliphatic imine (C=N–C) groups is 1. The summed E-state index contributed by atoms with van der Waals surface area (Å²) in [5.41, 5.74) is 7.95. The number of rotatable bonds is 9. The maximum atomic E-state index is 5.93. The lowest BCUT2D eigenvalue weighted by atomic mass is 10.2. The fourth-order valence-electron chi connectivity index (χ4n) is 1.79. The summed E-state index contributed by atoms with van der Waals surface area (Å²) < 4.78 is 5.17. The molecule has 118 valence electrons. The molecule has 5 heteroatoms. The molecule has 4 nitrogen and oxygen atoms in total. The fourth-order valence-corrected chi connectivity index (χ4v) is 2.76. The number of hydrogen-bond acceptors (Lipinski definition) is 3. The molecule has 0 saturated heterocycles. The van der Waals surface area contributed by atoms with Crippen molar-refractivity contribution in [3.8, 4) is 0 Å². The number of guanidine groups is 1. The van der Waals surface area contributed by atoms with Gasteiger partial charge in [0.05, 0.1) is 6.61 Å². The molecular weight excluding hydrogens is 282 g/mol. The Morgan fingerprint density at radius 1 is 1.38 bits per heavy atom.